The van der Waals surface area contributed by atoms with Crippen LogP contribution in [0.3, 0.4) is 0 Å². The highest BCUT2D eigenvalue weighted by Crippen LogP contribution is 2.17. The zero-order valence-corrected chi connectivity index (χ0v) is 11.2. The Morgan fingerprint density at radius 1 is 1.44 bits per heavy atom. The first-order valence-electron chi connectivity index (χ1n) is 6.92. The van der Waals surface area contributed by atoms with E-state index in [0.717, 1.165) is 35.9 Å². The Hall–Kier alpha value is -1.35. The Labute approximate surface area is 108 Å². The number of benzene rings is 1. The van der Waals surface area contributed by atoms with E-state index < -0.39 is 0 Å². The highest BCUT2D eigenvalue weighted by Gasteiger charge is 2.19. The summed E-state index contributed by atoms with van der Waals surface area (Å²) in [6.07, 6.45) is 3.72. The topological polar surface area (TPSA) is 31.9 Å². The second kappa shape index (κ2) is 4.73. The van der Waals surface area contributed by atoms with Crippen LogP contribution in [0.4, 0.5) is 0 Å². The molecule has 1 saturated heterocycles. The molecule has 0 amide bonds. The van der Waals surface area contributed by atoms with E-state index in [1.54, 1.807) is 0 Å². The van der Waals surface area contributed by atoms with Crippen molar-refractivity contribution in [3.63, 3.8) is 0 Å². The summed E-state index contributed by atoms with van der Waals surface area (Å²) in [6.45, 7) is 6.81. The minimum Gasteiger partial charge on any atom is -0.342 e. The fraction of sp³-hybridized carbons (Fsp3) is 0.533. The van der Waals surface area contributed by atoms with Gasteiger partial charge in [0, 0.05) is 19.0 Å². The largest absolute Gasteiger partial charge is 0.342 e. The molecule has 0 bridgehead atoms. The van der Waals surface area contributed by atoms with Gasteiger partial charge in [-0.15, -0.1) is 0 Å². The second-order valence-electron chi connectivity index (χ2n) is 5.48. The first kappa shape index (κ1) is 11.7. The van der Waals surface area contributed by atoms with Gasteiger partial charge in [0.15, 0.2) is 0 Å². The van der Waals surface area contributed by atoms with Gasteiger partial charge in [0.2, 0.25) is 0 Å². The lowest BCUT2D eigenvalue weighted by Crippen LogP contribution is -2.29. The number of likely N-dealkylation sites (tertiary alicyclic amines) is 1. The summed E-state index contributed by atoms with van der Waals surface area (Å²) >= 11 is 0. The number of aromatic nitrogens is 2. The number of H-pyrrole nitrogens is 1. The highest BCUT2D eigenvalue weighted by atomic mass is 15.2. The van der Waals surface area contributed by atoms with Crippen LogP contribution < -0.4 is 0 Å². The fourth-order valence-corrected chi connectivity index (χ4v) is 2.86. The number of hydrogen-bond acceptors (Lipinski definition) is 2. The summed E-state index contributed by atoms with van der Waals surface area (Å²) in [5.41, 5.74) is 3.53. The quantitative estimate of drug-likeness (QED) is 0.899. The minimum atomic E-state index is 0.747. The van der Waals surface area contributed by atoms with E-state index >= 15 is 0 Å². The molecule has 1 aliphatic heterocycles. The molecule has 0 aliphatic carbocycles. The normalized spacial score (nSPS) is 20.9. The molecule has 1 N–H and O–H groups in total. The molecule has 0 radical (unpaired) electrons. The van der Waals surface area contributed by atoms with Crippen LogP contribution in [-0.4, -0.2) is 34.0 Å². The summed E-state index contributed by atoms with van der Waals surface area (Å²) < 4.78 is 0. The summed E-state index contributed by atoms with van der Waals surface area (Å²) in [5.74, 6) is 1.12. The van der Waals surface area contributed by atoms with Crippen molar-refractivity contribution in [3.8, 4) is 0 Å². The maximum Gasteiger partial charge on any atom is 0.108 e. The molecule has 2 heterocycles. The summed E-state index contributed by atoms with van der Waals surface area (Å²) in [6, 6.07) is 7.15. The Morgan fingerprint density at radius 3 is 3.11 bits per heavy atom. The van der Waals surface area contributed by atoms with E-state index in [1.807, 2.05) is 0 Å². The van der Waals surface area contributed by atoms with Crippen LogP contribution >= 0.6 is 0 Å². The van der Waals surface area contributed by atoms with Gasteiger partial charge in [0.1, 0.15) is 5.82 Å². The van der Waals surface area contributed by atoms with Crippen LogP contribution in [-0.2, 0) is 6.42 Å². The zero-order valence-electron chi connectivity index (χ0n) is 11.2. The van der Waals surface area contributed by atoms with E-state index in [1.165, 1.54) is 24.9 Å². The average molecular weight is 243 g/mol. The molecule has 96 valence electrons. The Kier molecular flexibility index (Phi) is 3.08. The Morgan fingerprint density at radius 2 is 2.33 bits per heavy atom. The predicted molar refractivity (Wildman–Crippen MR) is 74.8 cm³/mol. The second-order valence-corrected chi connectivity index (χ2v) is 5.48. The van der Waals surface area contributed by atoms with Gasteiger partial charge in [-0.1, -0.05) is 6.07 Å². The van der Waals surface area contributed by atoms with Crippen LogP contribution in [0.25, 0.3) is 11.0 Å². The number of aromatic amines is 1. The van der Waals surface area contributed by atoms with Gasteiger partial charge in [-0.05, 0) is 50.9 Å². The third-order valence-electron chi connectivity index (χ3n) is 4.01. The number of imidazole rings is 1. The van der Waals surface area contributed by atoms with Gasteiger partial charge in [-0.3, -0.25) is 0 Å². The first-order valence-corrected chi connectivity index (χ1v) is 6.92. The molecule has 1 aliphatic rings. The van der Waals surface area contributed by atoms with Gasteiger partial charge < -0.3 is 9.88 Å². The summed E-state index contributed by atoms with van der Waals surface area (Å²) in [5, 5.41) is 0. The predicted octanol–water partition coefficient (Wildman–Crippen LogP) is 2.90. The number of aryl methyl sites for hydroxylation is 1. The molecule has 18 heavy (non-hydrogen) atoms. The molecule has 1 aromatic heterocycles. The van der Waals surface area contributed by atoms with E-state index in [0.29, 0.717) is 0 Å². The van der Waals surface area contributed by atoms with E-state index in [9.17, 15) is 0 Å². The van der Waals surface area contributed by atoms with Crippen LogP contribution in [0, 0.1) is 6.92 Å². The zero-order chi connectivity index (χ0) is 12.5. The van der Waals surface area contributed by atoms with Crippen molar-refractivity contribution in [2.75, 3.05) is 13.1 Å². The summed E-state index contributed by atoms with van der Waals surface area (Å²) in [4.78, 5) is 10.7. The third-order valence-corrected chi connectivity index (χ3v) is 4.01. The van der Waals surface area contributed by atoms with Gasteiger partial charge >= 0.3 is 0 Å². The summed E-state index contributed by atoms with van der Waals surface area (Å²) in [7, 11) is 0. The smallest absolute Gasteiger partial charge is 0.108 e. The first-order chi connectivity index (χ1) is 8.72. The SMILES string of the molecule is Cc1ccc2[nH]c(CCN3CCC[C@H]3C)nc2c1. The fourth-order valence-electron chi connectivity index (χ4n) is 2.86. The van der Waals surface area contributed by atoms with Crippen molar-refractivity contribution in [3.05, 3.63) is 29.6 Å². The molecule has 2 aromatic rings. The van der Waals surface area contributed by atoms with Crippen LogP contribution in [0.1, 0.15) is 31.2 Å². The van der Waals surface area contributed by atoms with Crippen molar-refractivity contribution in [2.45, 2.75) is 39.2 Å². The van der Waals surface area contributed by atoms with Crippen molar-refractivity contribution in [2.24, 2.45) is 0 Å². The third kappa shape index (κ3) is 2.27. The molecule has 3 rings (SSSR count). The highest BCUT2D eigenvalue weighted by molar-refractivity contribution is 5.75. The molecule has 0 saturated carbocycles. The molecule has 0 spiro atoms. The van der Waals surface area contributed by atoms with E-state index in [-0.39, 0.29) is 0 Å². The van der Waals surface area contributed by atoms with Crippen molar-refractivity contribution < 1.29 is 0 Å². The molecular weight excluding hydrogens is 222 g/mol. The van der Waals surface area contributed by atoms with E-state index in [2.05, 4.69) is 46.9 Å². The molecule has 1 fully saturated rings. The number of nitrogens with one attached hydrogen (secondary N) is 1. The maximum atomic E-state index is 4.68. The van der Waals surface area contributed by atoms with Crippen LogP contribution in [0.15, 0.2) is 18.2 Å². The van der Waals surface area contributed by atoms with Gasteiger partial charge in [0.25, 0.3) is 0 Å². The standard InChI is InChI=1S/C15H21N3/c1-11-5-6-13-14(10-11)17-15(16-13)7-9-18-8-3-4-12(18)2/h5-6,10,12H,3-4,7-9H2,1-2H3,(H,16,17)/t12-/m1/s1. The van der Waals surface area contributed by atoms with Gasteiger partial charge in [-0.2, -0.15) is 0 Å². The monoisotopic (exact) mass is 243 g/mol. The van der Waals surface area contributed by atoms with Crippen molar-refractivity contribution in [1.82, 2.24) is 14.9 Å². The molecule has 1 atom stereocenters. The molecule has 0 unspecified atom stereocenters. The van der Waals surface area contributed by atoms with Crippen molar-refractivity contribution in [1.29, 1.82) is 0 Å². The van der Waals surface area contributed by atoms with Crippen molar-refractivity contribution >= 4 is 11.0 Å². The molecule has 1 aromatic carbocycles. The van der Waals surface area contributed by atoms with Gasteiger partial charge in [-0.25, -0.2) is 4.98 Å². The maximum absolute atomic E-state index is 4.68. The number of rotatable bonds is 3. The van der Waals surface area contributed by atoms with Gasteiger partial charge in [0.05, 0.1) is 11.0 Å². The average Bonchev–Trinajstić information content (AvgIpc) is 2.92. The van der Waals surface area contributed by atoms with E-state index in [4.69, 9.17) is 0 Å². The Balaban J connectivity index is 1.71. The molecule has 3 nitrogen and oxygen atoms in total. The number of fused-ring (bicyclic) bond motifs is 1. The molecular formula is C15H21N3. The lowest BCUT2D eigenvalue weighted by atomic mass is 10.2. The number of hydrogen-bond donors (Lipinski definition) is 1. The number of nitrogens with zero attached hydrogens (tertiary/aromatic N) is 2. The minimum absolute atomic E-state index is 0.747. The lowest BCUT2D eigenvalue weighted by Gasteiger charge is -2.19. The van der Waals surface area contributed by atoms with Crippen LogP contribution in [0.2, 0.25) is 0 Å². The van der Waals surface area contributed by atoms with Crippen LogP contribution in [0.5, 0.6) is 0 Å². The lowest BCUT2D eigenvalue weighted by molar-refractivity contribution is 0.271. The molecule has 3 heteroatoms. The Bertz CT molecular complexity index is 544.